The van der Waals surface area contributed by atoms with Gasteiger partial charge in [-0.05, 0) is 18.6 Å². The summed E-state index contributed by atoms with van der Waals surface area (Å²) in [4.78, 5) is 0. The summed E-state index contributed by atoms with van der Waals surface area (Å²) in [7, 11) is 0. The molecule has 1 heterocycles. The Morgan fingerprint density at radius 3 is 2.61 bits per heavy atom. The summed E-state index contributed by atoms with van der Waals surface area (Å²) in [6.07, 6.45) is 1.73. The molecular weight excluding hydrogens is 328 g/mol. The number of benzene rings is 2. The van der Waals surface area contributed by atoms with Crippen LogP contribution in [0.2, 0.25) is 5.02 Å². The predicted molar refractivity (Wildman–Crippen MR) is 95.2 cm³/mol. The van der Waals surface area contributed by atoms with Gasteiger partial charge in [0.25, 0.3) is 0 Å². The van der Waals surface area contributed by atoms with Crippen molar-refractivity contribution in [2.45, 2.75) is 17.8 Å². The van der Waals surface area contributed by atoms with Crippen molar-refractivity contribution >= 4 is 29.6 Å². The van der Waals surface area contributed by atoms with E-state index in [1.165, 1.54) is 5.56 Å². The molecule has 3 aromatic rings. The molecule has 6 heteroatoms. The highest BCUT2D eigenvalue weighted by Gasteiger charge is 2.08. The van der Waals surface area contributed by atoms with Crippen LogP contribution in [0.1, 0.15) is 17.0 Å². The van der Waals surface area contributed by atoms with Gasteiger partial charge in [0, 0.05) is 16.3 Å². The van der Waals surface area contributed by atoms with Gasteiger partial charge in [-0.3, -0.25) is 0 Å². The maximum Gasteiger partial charge on any atom is 0.212 e. The zero-order valence-electron chi connectivity index (χ0n) is 12.6. The SMILES string of the molecule is Cc1nnc(SCc2ccccc2)n1N=Cc1ccccc1Cl. The number of halogens is 1. The number of aryl methyl sites for hydroxylation is 1. The Balaban J connectivity index is 1.78. The Kier molecular flexibility index (Phi) is 5.10. The largest absolute Gasteiger partial charge is 0.212 e. The van der Waals surface area contributed by atoms with Crippen LogP contribution < -0.4 is 0 Å². The summed E-state index contributed by atoms with van der Waals surface area (Å²) in [6.45, 7) is 1.88. The fourth-order valence-electron chi connectivity index (χ4n) is 1.98. The highest BCUT2D eigenvalue weighted by atomic mass is 35.5. The van der Waals surface area contributed by atoms with Crippen molar-refractivity contribution in [3.8, 4) is 0 Å². The topological polar surface area (TPSA) is 43.1 Å². The molecule has 0 unspecified atom stereocenters. The number of aromatic nitrogens is 3. The molecule has 23 heavy (non-hydrogen) atoms. The molecule has 116 valence electrons. The first kappa shape index (κ1) is 15.8. The van der Waals surface area contributed by atoms with Gasteiger partial charge in [-0.1, -0.05) is 71.9 Å². The van der Waals surface area contributed by atoms with Crippen LogP contribution in [0.4, 0.5) is 0 Å². The van der Waals surface area contributed by atoms with Gasteiger partial charge in [0.2, 0.25) is 5.16 Å². The molecule has 0 aliphatic rings. The summed E-state index contributed by atoms with van der Waals surface area (Å²) in [5, 5.41) is 14.2. The standard InChI is InChI=1S/C17H15ClN4S/c1-13-20-21-17(23-12-14-7-3-2-4-8-14)22(13)19-11-15-9-5-6-10-16(15)18/h2-11H,12H2,1H3. The molecule has 1 aromatic heterocycles. The van der Waals surface area contributed by atoms with Gasteiger partial charge in [-0.2, -0.15) is 9.78 Å². The molecule has 0 aliphatic heterocycles. The third-order valence-corrected chi connectivity index (χ3v) is 4.53. The van der Waals surface area contributed by atoms with E-state index in [1.54, 1.807) is 22.7 Å². The lowest BCUT2D eigenvalue weighted by Gasteiger charge is -2.03. The van der Waals surface area contributed by atoms with Crippen LogP contribution in [-0.2, 0) is 5.75 Å². The molecule has 0 spiro atoms. The number of nitrogens with zero attached hydrogens (tertiary/aromatic N) is 4. The van der Waals surface area contributed by atoms with Gasteiger partial charge in [0.15, 0.2) is 5.82 Å². The van der Waals surface area contributed by atoms with Crippen molar-refractivity contribution in [1.82, 2.24) is 14.9 Å². The summed E-state index contributed by atoms with van der Waals surface area (Å²) in [5.74, 6) is 1.56. The van der Waals surface area contributed by atoms with Gasteiger partial charge in [0.1, 0.15) is 0 Å². The minimum atomic E-state index is 0.667. The lowest BCUT2D eigenvalue weighted by molar-refractivity contribution is 0.744. The van der Waals surface area contributed by atoms with Gasteiger partial charge >= 0.3 is 0 Å². The summed E-state index contributed by atoms with van der Waals surface area (Å²) in [6, 6.07) is 17.8. The molecule has 0 atom stereocenters. The first-order valence-electron chi connectivity index (χ1n) is 7.11. The fourth-order valence-corrected chi connectivity index (χ4v) is 3.06. The van der Waals surface area contributed by atoms with Crippen LogP contribution in [0.15, 0.2) is 64.9 Å². The quantitative estimate of drug-likeness (QED) is 0.509. The second-order valence-corrected chi connectivity index (χ2v) is 6.23. The molecule has 4 nitrogen and oxygen atoms in total. The number of thioether (sulfide) groups is 1. The van der Waals surface area contributed by atoms with Crippen molar-refractivity contribution in [1.29, 1.82) is 0 Å². The number of hydrogen-bond acceptors (Lipinski definition) is 4. The van der Waals surface area contributed by atoms with Crippen molar-refractivity contribution in [2.75, 3.05) is 0 Å². The van der Waals surface area contributed by atoms with Crippen LogP contribution >= 0.6 is 23.4 Å². The molecule has 0 fully saturated rings. The van der Waals surface area contributed by atoms with Crippen LogP contribution in [-0.4, -0.2) is 21.1 Å². The maximum absolute atomic E-state index is 6.15. The zero-order valence-corrected chi connectivity index (χ0v) is 14.1. The Morgan fingerprint density at radius 1 is 1.09 bits per heavy atom. The first-order valence-corrected chi connectivity index (χ1v) is 8.48. The van der Waals surface area contributed by atoms with Gasteiger partial charge in [-0.15, -0.1) is 10.2 Å². The average Bonchev–Trinajstić information content (AvgIpc) is 2.93. The molecule has 3 rings (SSSR count). The van der Waals surface area contributed by atoms with E-state index in [4.69, 9.17) is 11.6 Å². The molecule has 0 radical (unpaired) electrons. The van der Waals surface area contributed by atoms with Crippen LogP contribution in [0.3, 0.4) is 0 Å². The Hall–Kier alpha value is -2.11. The normalized spacial score (nSPS) is 11.2. The number of hydrogen-bond donors (Lipinski definition) is 0. The maximum atomic E-state index is 6.15. The third kappa shape index (κ3) is 4.00. The highest BCUT2D eigenvalue weighted by Crippen LogP contribution is 2.22. The van der Waals surface area contributed by atoms with Gasteiger partial charge in [0.05, 0.1) is 6.21 Å². The van der Waals surface area contributed by atoms with E-state index < -0.39 is 0 Å². The van der Waals surface area contributed by atoms with E-state index in [0.29, 0.717) is 5.02 Å². The van der Waals surface area contributed by atoms with Gasteiger partial charge in [-0.25, -0.2) is 0 Å². The Morgan fingerprint density at radius 2 is 1.83 bits per heavy atom. The molecule has 0 amide bonds. The van der Waals surface area contributed by atoms with Crippen molar-refractivity contribution < 1.29 is 0 Å². The summed E-state index contributed by atoms with van der Waals surface area (Å²) in [5.41, 5.74) is 2.10. The molecule has 0 N–H and O–H groups in total. The second kappa shape index (κ2) is 7.44. The van der Waals surface area contributed by atoms with E-state index in [-0.39, 0.29) is 0 Å². The van der Waals surface area contributed by atoms with Crippen LogP contribution in [0.25, 0.3) is 0 Å². The van der Waals surface area contributed by atoms with E-state index in [1.807, 2.05) is 49.4 Å². The lowest BCUT2D eigenvalue weighted by Crippen LogP contribution is -1.96. The summed E-state index contributed by atoms with van der Waals surface area (Å²) >= 11 is 7.75. The van der Waals surface area contributed by atoms with Crippen molar-refractivity contribution in [3.63, 3.8) is 0 Å². The molecular formula is C17H15ClN4S. The van der Waals surface area contributed by atoms with Crippen molar-refractivity contribution in [2.24, 2.45) is 5.10 Å². The average molecular weight is 343 g/mol. The highest BCUT2D eigenvalue weighted by molar-refractivity contribution is 7.98. The van der Waals surface area contributed by atoms with E-state index in [9.17, 15) is 0 Å². The zero-order chi connectivity index (χ0) is 16.1. The van der Waals surface area contributed by atoms with E-state index in [0.717, 1.165) is 22.3 Å². The number of rotatable bonds is 5. The smallest absolute Gasteiger partial charge is 0.192 e. The third-order valence-electron chi connectivity index (χ3n) is 3.20. The summed E-state index contributed by atoms with van der Waals surface area (Å²) < 4.78 is 1.73. The van der Waals surface area contributed by atoms with E-state index in [2.05, 4.69) is 27.4 Å². The minimum absolute atomic E-state index is 0.667. The Labute approximate surface area is 144 Å². The lowest BCUT2D eigenvalue weighted by atomic mass is 10.2. The monoisotopic (exact) mass is 342 g/mol. The molecule has 0 saturated carbocycles. The first-order chi connectivity index (χ1) is 11.2. The van der Waals surface area contributed by atoms with Gasteiger partial charge < -0.3 is 0 Å². The molecule has 0 bridgehead atoms. The minimum Gasteiger partial charge on any atom is -0.192 e. The predicted octanol–water partition coefficient (Wildman–Crippen LogP) is 4.41. The fraction of sp³-hybridized carbons (Fsp3) is 0.118. The molecule has 2 aromatic carbocycles. The molecule has 0 saturated heterocycles. The van der Waals surface area contributed by atoms with Crippen LogP contribution in [0.5, 0.6) is 0 Å². The Bertz CT molecular complexity index is 814. The van der Waals surface area contributed by atoms with Crippen LogP contribution in [0, 0.1) is 6.92 Å². The molecule has 0 aliphatic carbocycles. The van der Waals surface area contributed by atoms with E-state index >= 15 is 0 Å². The van der Waals surface area contributed by atoms with Crippen molar-refractivity contribution in [3.05, 3.63) is 76.6 Å². The second-order valence-electron chi connectivity index (χ2n) is 4.88.